The van der Waals surface area contributed by atoms with Gasteiger partial charge in [0, 0.05) is 14.7 Å². The standard InChI is InChI=1S/C15H11IN2O2/c1-19-13-4-2-3-11(9-13)14-17-15(20-18-14)10-5-7-12(16)8-6-10/h2-9H,1H3. The van der Waals surface area contributed by atoms with Crippen molar-refractivity contribution in [3.8, 4) is 28.6 Å². The van der Waals surface area contributed by atoms with Crippen LogP contribution in [0.25, 0.3) is 22.8 Å². The monoisotopic (exact) mass is 378 g/mol. The van der Waals surface area contributed by atoms with Crippen molar-refractivity contribution in [2.75, 3.05) is 7.11 Å². The van der Waals surface area contributed by atoms with Crippen molar-refractivity contribution in [3.05, 3.63) is 52.1 Å². The first-order valence-corrected chi connectivity index (χ1v) is 7.08. The van der Waals surface area contributed by atoms with Gasteiger partial charge in [-0.15, -0.1) is 0 Å². The number of nitrogens with zero attached hydrogens (tertiary/aromatic N) is 2. The Bertz CT molecular complexity index is 723. The second-order valence-corrected chi connectivity index (χ2v) is 5.41. The number of hydrogen-bond acceptors (Lipinski definition) is 4. The first kappa shape index (κ1) is 13.1. The van der Waals surface area contributed by atoms with E-state index >= 15 is 0 Å². The summed E-state index contributed by atoms with van der Waals surface area (Å²) in [5.74, 6) is 1.83. The van der Waals surface area contributed by atoms with E-state index in [0.717, 1.165) is 16.9 Å². The van der Waals surface area contributed by atoms with Crippen LogP contribution in [0.1, 0.15) is 0 Å². The lowest BCUT2D eigenvalue weighted by molar-refractivity contribution is 0.414. The van der Waals surface area contributed by atoms with Gasteiger partial charge in [0.25, 0.3) is 5.89 Å². The van der Waals surface area contributed by atoms with E-state index in [1.165, 1.54) is 3.57 Å². The van der Waals surface area contributed by atoms with E-state index < -0.39 is 0 Å². The van der Waals surface area contributed by atoms with Gasteiger partial charge in [-0.2, -0.15) is 4.98 Å². The van der Waals surface area contributed by atoms with Crippen LogP contribution < -0.4 is 4.74 Å². The number of aromatic nitrogens is 2. The molecular formula is C15H11IN2O2. The fraction of sp³-hybridized carbons (Fsp3) is 0.0667. The summed E-state index contributed by atoms with van der Waals surface area (Å²) in [7, 11) is 1.63. The molecule has 20 heavy (non-hydrogen) atoms. The maximum Gasteiger partial charge on any atom is 0.258 e. The molecular weight excluding hydrogens is 367 g/mol. The molecule has 0 atom stereocenters. The Morgan fingerprint density at radius 2 is 1.85 bits per heavy atom. The number of ether oxygens (including phenoxy) is 1. The Morgan fingerprint density at radius 1 is 1.05 bits per heavy atom. The molecule has 0 amide bonds. The minimum absolute atomic E-state index is 0.513. The predicted molar refractivity (Wildman–Crippen MR) is 84.4 cm³/mol. The van der Waals surface area contributed by atoms with Crippen LogP contribution in [0.4, 0.5) is 0 Å². The fourth-order valence-corrected chi connectivity index (χ4v) is 2.17. The summed E-state index contributed by atoms with van der Waals surface area (Å²) in [5, 5.41) is 4.02. The Labute approximate surface area is 129 Å². The molecule has 3 rings (SSSR count). The highest BCUT2D eigenvalue weighted by Gasteiger charge is 2.10. The van der Waals surface area contributed by atoms with Crippen LogP contribution in [-0.2, 0) is 0 Å². The highest BCUT2D eigenvalue weighted by atomic mass is 127. The van der Waals surface area contributed by atoms with Crippen LogP contribution >= 0.6 is 22.6 Å². The third-order valence-electron chi connectivity index (χ3n) is 2.85. The van der Waals surface area contributed by atoms with E-state index in [-0.39, 0.29) is 0 Å². The van der Waals surface area contributed by atoms with E-state index in [1.54, 1.807) is 7.11 Å². The minimum atomic E-state index is 0.513. The molecule has 4 nitrogen and oxygen atoms in total. The average molecular weight is 378 g/mol. The van der Waals surface area contributed by atoms with Crippen molar-refractivity contribution < 1.29 is 9.26 Å². The number of hydrogen-bond donors (Lipinski definition) is 0. The van der Waals surface area contributed by atoms with E-state index in [1.807, 2.05) is 48.5 Å². The van der Waals surface area contributed by atoms with Gasteiger partial charge in [0.05, 0.1) is 7.11 Å². The molecule has 0 unspecified atom stereocenters. The van der Waals surface area contributed by atoms with Crippen molar-refractivity contribution in [1.82, 2.24) is 10.1 Å². The first-order chi connectivity index (χ1) is 9.76. The van der Waals surface area contributed by atoms with Gasteiger partial charge in [-0.05, 0) is 59.0 Å². The van der Waals surface area contributed by atoms with Crippen LogP contribution in [0, 0.1) is 3.57 Å². The molecule has 0 fully saturated rings. The molecule has 5 heteroatoms. The largest absolute Gasteiger partial charge is 0.497 e. The Hall–Kier alpha value is -1.89. The molecule has 0 saturated carbocycles. The molecule has 0 aliphatic rings. The second-order valence-electron chi connectivity index (χ2n) is 4.16. The summed E-state index contributed by atoms with van der Waals surface area (Å²) in [5.41, 5.74) is 1.77. The van der Waals surface area contributed by atoms with Crippen molar-refractivity contribution in [1.29, 1.82) is 0 Å². The van der Waals surface area contributed by atoms with Gasteiger partial charge in [0.2, 0.25) is 5.82 Å². The number of benzene rings is 2. The normalized spacial score (nSPS) is 10.5. The van der Waals surface area contributed by atoms with Gasteiger partial charge in [-0.3, -0.25) is 0 Å². The summed E-state index contributed by atoms with van der Waals surface area (Å²) >= 11 is 2.26. The molecule has 0 aliphatic heterocycles. The summed E-state index contributed by atoms with van der Waals surface area (Å²) in [6, 6.07) is 15.5. The number of halogens is 1. The zero-order chi connectivity index (χ0) is 13.9. The molecule has 1 aromatic heterocycles. The van der Waals surface area contributed by atoms with Gasteiger partial charge < -0.3 is 9.26 Å². The smallest absolute Gasteiger partial charge is 0.258 e. The number of methoxy groups -OCH3 is 1. The lowest BCUT2D eigenvalue weighted by Crippen LogP contribution is -1.85. The van der Waals surface area contributed by atoms with E-state index in [4.69, 9.17) is 9.26 Å². The zero-order valence-electron chi connectivity index (χ0n) is 10.7. The third-order valence-corrected chi connectivity index (χ3v) is 3.56. The van der Waals surface area contributed by atoms with Crippen LogP contribution in [0.5, 0.6) is 5.75 Å². The molecule has 0 bridgehead atoms. The second kappa shape index (κ2) is 5.62. The SMILES string of the molecule is COc1cccc(-c2noc(-c3ccc(I)cc3)n2)c1. The molecule has 0 aliphatic carbocycles. The molecule has 2 aromatic carbocycles. The average Bonchev–Trinajstić information content (AvgIpc) is 2.98. The van der Waals surface area contributed by atoms with Gasteiger partial charge in [0.15, 0.2) is 0 Å². The highest BCUT2D eigenvalue weighted by Crippen LogP contribution is 2.25. The predicted octanol–water partition coefficient (Wildman–Crippen LogP) is 4.02. The van der Waals surface area contributed by atoms with Crippen LogP contribution in [0.2, 0.25) is 0 Å². The molecule has 0 saturated heterocycles. The van der Waals surface area contributed by atoms with E-state index in [0.29, 0.717) is 11.7 Å². The topological polar surface area (TPSA) is 48.2 Å². The quantitative estimate of drug-likeness (QED) is 0.646. The van der Waals surface area contributed by atoms with Crippen LogP contribution in [-0.4, -0.2) is 17.3 Å². The van der Waals surface area contributed by atoms with Gasteiger partial charge in [-0.25, -0.2) is 0 Å². The Balaban J connectivity index is 1.95. The van der Waals surface area contributed by atoms with Gasteiger partial charge in [-0.1, -0.05) is 17.3 Å². The lowest BCUT2D eigenvalue weighted by Gasteiger charge is -1.99. The molecule has 0 spiro atoms. The van der Waals surface area contributed by atoms with Gasteiger partial charge in [0.1, 0.15) is 5.75 Å². The molecule has 0 radical (unpaired) electrons. The summed E-state index contributed by atoms with van der Waals surface area (Å²) in [4.78, 5) is 4.42. The van der Waals surface area contributed by atoms with Crippen molar-refractivity contribution in [2.45, 2.75) is 0 Å². The van der Waals surface area contributed by atoms with Gasteiger partial charge >= 0.3 is 0 Å². The van der Waals surface area contributed by atoms with E-state index in [9.17, 15) is 0 Å². The Morgan fingerprint density at radius 3 is 2.60 bits per heavy atom. The maximum absolute atomic E-state index is 5.31. The minimum Gasteiger partial charge on any atom is -0.497 e. The summed E-state index contributed by atoms with van der Waals surface area (Å²) in [6.45, 7) is 0. The summed E-state index contributed by atoms with van der Waals surface area (Å²) < 4.78 is 11.7. The third kappa shape index (κ3) is 2.67. The fourth-order valence-electron chi connectivity index (χ4n) is 1.81. The molecule has 1 heterocycles. The highest BCUT2D eigenvalue weighted by molar-refractivity contribution is 14.1. The first-order valence-electron chi connectivity index (χ1n) is 6.00. The number of rotatable bonds is 3. The van der Waals surface area contributed by atoms with Crippen LogP contribution in [0.15, 0.2) is 53.1 Å². The summed E-state index contributed by atoms with van der Waals surface area (Å²) in [6.07, 6.45) is 0. The van der Waals surface area contributed by atoms with Crippen LogP contribution in [0.3, 0.4) is 0 Å². The Kier molecular flexibility index (Phi) is 3.68. The zero-order valence-corrected chi connectivity index (χ0v) is 12.9. The van der Waals surface area contributed by atoms with Crippen molar-refractivity contribution in [3.63, 3.8) is 0 Å². The molecule has 100 valence electrons. The maximum atomic E-state index is 5.31. The van der Waals surface area contributed by atoms with Crippen molar-refractivity contribution >= 4 is 22.6 Å². The van der Waals surface area contributed by atoms with Crippen molar-refractivity contribution in [2.24, 2.45) is 0 Å². The van der Waals surface area contributed by atoms with E-state index in [2.05, 4.69) is 32.7 Å². The molecule has 0 N–H and O–H groups in total. The molecule has 3 aromatic rings. The lowest BCUT2D eigenvalue weighted by atomic mass is 10.2.